The molecule has 0 radical (unpaired) electrons. The number of amides is 1. The van der Waals surface area contributed by atoms with Crippen LogP contribution in [0.1, 0.15) is 22.8 Å². The van der Waals surface area contributed by atoms with Crippen molar-refractivity contribution in [2.24, 2.45) is 0 Å². The Morgan fingerprint density at radius 1 is 1.16 bits per heavy atom. The smallest absolute Gasteiger partial charge is 0.254 e. The van der Waals surface area contributed by atoms with E-state index in [2.05, 4.69) is 15.6 Å². The average Bonchev–Trinajstić information content (AvgIpc) is 3.28. The topological polar surface area (TPSA) is 41.4 Å². The molecular formula is C20H22N4O. The summed E-state index contributed by atoms with van der Waals surface area (Å²) in [7, 11) is 3.97. The van der Waals surface area contributed by atoms with Gasteiger partial charge >= 0.3 is 0 Å². The van der Waals surface area contributed by atoms with E-state index >= 15 is 0 Å². The number of aromatic nitrogens is 2. The number of hydrogen-bond donors (Lipinski definition) is 0. The summed E-state index contributed by atoms with van der Waals surface area (Å²) >= 11 is 0. The SMILES string of the molecule is CN(C)c1cccc(C(=O)N2CCC(n3cnc4ccccc43)C2)c1. The van der Waals surface area contributed by atoms with Crippen LogP contribution in [0.15, 0.2) is 54.9 Å². The zero-order valence-corrected chi connectivity index (χ0v) is 14.6. The van der Waals surface area contributed by atoms with E-state index in [1.54, 1.807) is 0 Å². The maximum atomic E-state index is 12.9. The molecule has 25 heavy (non-hydrogen) atoms. The Labute approximate surface area is 147 Å². The fourth-order valence-corrected chi connectivity index (χ4v) is 3.52. The van der Waals surface area contributed by atoms with Gasteiger partial charge in [0.2, 0.25) is 0 Å². The largest absolute Gasteiger partial charge is 0.378 e. The Morgan fingerprint density at radius 3 is 2.84 bits per heavy atom. The molecule has 1 fully saturated rings. The standard InChI is InChI=1S/C20H22N4O/c1-22(2)16-7-5-6-15(12-16)20(25)23-11-10-17(13-23)24-14-21-18-8-3-4-9-19(18)24/h3-9,12,14,17H,10-11,13H2,1-2H3. The molecule has 5 heteroatoms. The van der Waals surface area contributed by atoms with Crippen LogP contribution in [0.4, 0.5) is 5.69 Å². The number of hydrogen-bond acceptors (Lipinski definition) is 3. The van der Waals surface area contributed by atoms with E-state index in [0.29, 0.717) is 0 Å². The maximum Gasteiger partial charge on any atom is 0.254 e. The van der Waals surface area contributed by atoms with Gasteiger partial charge in [0.05, 0.1) is 23.4 Å². The summed E-state index contributed by atoms with van der Waals surface area (Å²) in [5.74, 6) is 0.107. The fourth-order valence-electron chi connectivity index (χ4n) is 3.52. The Morgan fingerprint density at radius 2 is 2.00 bits per heavy atom. The van der Waals surface area contributed by atoms with Gasteiger partial charge in [0.15, 0.2) is 0 Å². The zero-order chi connectivity index (χ0) is 17.4. The highest BCUT2D eigenvalue weighted by molar-refractivity contribution is 5.95. The molecule has 3 aromatic rings. The van der Waals surface area contributed by atoms with Crippen LogP contribution in [0, 0.1) is 0 Å². The molecule has 0 N–H and O–H groups in total. The van der Waals surface area contributed by atoms with E-state index < -0.39 is 0 Å². The van der Waals surface area contributed by atoms with Crippen molar-refractivity contribution in [3.63, 3.8) is 0 Å². The molecule has 1 aromatic heterocycles. The summed E-state index contributed by atoms with van der Waals surface area (Å²) in [5, 5.41) is 0. The minimum Gasteiger partial charge on any atom is -0.378 e. The lowest BCUT2D eigenvalue weighted by Crippen LogP contribution is -2.29. The minimum atomic E-state index is 0.107. The first kappa shape index (κ1) is 15.7. The lowest BCUT2D eigenvalue weighted by atomic mass is 10.1. The molecule has 5 nitrogen and oxygen atoms in total. The highest BCUT2D eigenvalue weighted by atomic mass is 16.2. The number of nitrogens with zero attached hydrogens (tertiary/aromatic N) is 4. The summed E-state index contributed by atoms with van der Waals surface area (Å²) in [6.45, 7) is 1.51. The molecular weight excluding hydrogens is 312 g/mol. The third-order valence-electron chi connectivity index (χ3n) is 4.93. The Kier molecular flexibility index (Phi) is 3.92. The van der Waals surface area contributed by atoms with Crippen molar-refractivity contribution in [3.8, 4) is 0 Å². The average molecular weight is 334 g/mol. The number of para-hydroxylation sites is 2. The van der Waals surface area contributed by atoms with Gasteiger partial charge in [0, 0.05) is 38.4 Å². The molecule has 128 valence electrons. The third kappa shape index (κ3) is 2.86. The lowest BCUT2D eigenvalue weighted by Gasteiger charge is -2.19. The van der Waals surface area contributed by atoms with Crippen molar-refractivity contribution < 1.29 is 4.79 Å². The molecule has 0 spiro atoms. The van der Waals surface area contributed by atoms with Gasteiger partial charge in [-0.05, 0) is 36.8 Å². The van der Waals surface area contributed by atoms with Crippen molar-refractivity contribution in [2.45, 2.75) is 12.5 Å². The van der Waals surface area contributed by atoms with Crippen LogP contribution >= 0.6 is 0 Å². The number of carbonyl (C=O) groups is 1. The predicted molar refractivity (Wildman–Crippen MR) is 100 cm³/mol. The monoisotopic (exact) mass is 334 g/mol. The Bertz CT molecular complexity index is 915. The van der Waals surface area contributed by atoms with Crippen molar-refractivity contribution in [3.05, 3.63) is 60.4 Å². The van der Waals surface area contributed by atoms with E-state index in [-0.39, 0.29) is 11.9 Å². The molecule has 1 amide bonds. The van der Waals surface area contributed by atoms with Crippen LogP contribution in [0.25, 0.3) is 11.0 Å². The van der Waals surface area contributed by atoms with Gasteiger partial charge in [-0.15, -0.1) is 0 Å². The number of carbonyl (C=O) groups excluding carboxylic acids is 1. The van der Waals surface area contributed by atoms with Crippen molar-refractivity contribution in [1.82, 2.24) is 14.5 Å². The van der Waals surface area contributed by atoms with Gasteiger partial charge < -0.3 is 14.4 Å². The normalized spacial score (nSPS) is 17.2. The molecule has 0 bridgehead atoms. The van der Waals surface area contributed by atoms with E-state index in [4.69, 9.17) is 0 Å². The van der Waals surface area contributed by atoms with Crippen LogP contribution < -0.4 is 4.90 Å². The van der Waals surface area contributed by atoms with E-state index in [0.717, 1.165) is 41.8 Å². The fraction of sp³-hybridized carbons (Fsp3) is 0.300. The number of imidazole rings is 1. The van der Waals surface area contributed by atoms with E-state index in [9.17, 15) is 4.79 Å². The van der Waals surface area contributed by atoms with Crippen LogP contribution in [-0.2, 0) is 0 Å². The van der Waals surface area contributed by atoms with Gasteiger partial charge in [-0.2, -0.15) is 0 Å². The maximum absolute atomic E-state index is 12.9. The summed E-state index contributed by atoms with van der Waals surface area (Å²) in [5.41, 5.74) is 3.94. The summed E-state index contributed by atoms with van der Waals surface area (Å²) in [6.07, 6.45) is 2.86. The van der Waals surface area contributed by atoms with E-state index in [1.807, 2.05) is 72.7 Å². The van der Waals surface area contributed by atoms with Crippen molar-refractivity contribution in [2.75, 3.05) is 32.1 Å². The molecule has 2 heterocycles. The second kappa shape index (κ2) is 6.24. The Balaban J connectivity index is 1.54. The molecule has 0 saturated carbocycles. The zero-order valence-electron chi connectivity index (χ0n) is 14.6. The first-order valence-electron chi connectivity index (χ1n) is 8.62. The highest BCUT2D eigenvalue weighted by Gasteiger charge is 2.28. The molecule has 1 aliphatic rings. The number of anilines is 1. The third-order valence-corrected chi connectivity index (χ3v) is 4.93. The molecule has 2 aromatic carbocycles. The van der Waals surface area contributed by atoms with Gasteiger partial charge in [-0.25, -0.2) is 4.98 Å². The molecule has 1 aliphatic heterocycles. The van der Waals surface area contributed by atoms with Gasteiger partial charge in [-0.1, -0.05) is 18.2 Å². The number of benzene rings is 2. The van der Waals surface area contributed by atoms with Crippen molar-refractivity contribution >= 4 is 22.6 Å². The number of fused-ring (bicyclic) bond motifs is 1. The van der Waals surface area contributed by atoms with Crippen LogP contribution in [0.2, 0.25) is 0 Å². The van der Waals surface area contributed by atoms with Crippen LogP contribution in [0.3, 0.4) is 0 Å². The minimum absolute atomic E-state index is 0.107. The van der Waals surface area contributed by atoms with E-state index in [1.165, 1.54) is 0 Å². The summed E-state index contributed by atoms with van der Waals surface area (Å²) < 4.78 is 2.21. The Hall–Kier alpha value is -2.82. The van der Waals surface area contributed by atoms with Gasteiger partial charge in [0.25, 0.3) is 5.91 Å². The van der Waals surface area contributed by atoms with Crippen LogP contribution in [0.5, 0.6) is 0 Å². The van der Waals surface area contributed by atoms with Gasteiger partial charge in [-0.3, -0.25) is 4.79 Å². The predicted octanol–water partition coefficient (Wildman–Crippen LogP) is 3.19. The number of likely N-dealkylation sites (tertiary alicyclic amines) is 1. The molecule has 1 saturated heterocycles. The second-order valence-electron chi connectivity index (χ2n) is 6.78. The first-order chi connectivity index (χ1) is 12.1. The first-order valence-corrected chi connectivity index (χ1v) is 8.62. The van der Waals surface area contributed by atoms with Crippen LogP contribution in [-0.4, -0.2) is 47.5 Å². The summed E-state index contributed by atoms with van der Waals surface area (Å²) in [4.78, 5) is 21.3. The summed E-state index contributed by atoms with van der Waals surface area (Å²) in [6, 6.07) is 16.3. The number of rotatable bonds is 3. The highest BCUT2D eigenvalue weighted by Crippen LogP contribution is 2.27. The molecule has 1 unspecified atom stereocenters. The lowest BCUT2D eigenvalue weighted by molar-refractivity contribution is 0.0788. The van der Waals surface area contributed by atoms with Gasteiger partial charge in [0.1, 0.15) is 0 Å². The van der Waals surface area contributed by atoms with Crippen molar-refractivity contribution in [1.29, 1.82) is 0 Å². The molecule has 0 aliphatic carbocycles. The quantitative estimate of drug-likeness (QED) is 0.739. The molecule has 1 atom stereocenters. The second-order valence-corrected chi connectivity index (χ2v) is 6.78. The molecule has 4 rings (SSSR count).